The van der Waals surface area contributed by atoms with Crippen molar-refractivity contribution in [3.05, 3.63) is 12.7 Å². The standard InChI is InChI=1S/C13H24N2O/c1-5-10(4)13(8-11(13)9-14)12(16)15(6-2)7-3/h5,10-11H,1,6-9,14H2,2-4H3/t10?,11-,13-/m1/s1. The summed E-state index contributed by atoms with van der Waals surface area (Å²) in [6.45, 7) is 12.1. The lowest BCUT2D eigenvalue weighted by atomic mass is 9.86. The topological polar surface area (TPSA) is 46.3 Å². The van der Waals surface area contributed by atoms with Gasteiger partial charge >= 0.3 is 0 Å². The van der Waals surface area contributed by atoms with Crippen LogP contribution in [0.2, 0.25) is 0 Å². The summed E-state index contributed by atoms with van der Waals surface area (Å²) in [6.07, 6.45) is 2.81. The molecule has 0 aromatic carbocycles. The molecule has 92 valence electrons. The Balaban J connectivity index is 2.88. The van der Waals surface area contributed by atoms with Gasteiger partial charge in [0.2, 0.25) is 5.91 Å². The van der Waals surface area contributed by atoms with Gasteiger partial charge in [0.25, 0.3) is 0 Å². The molecule has 1 rings (SSSR count). The van der Waals surface area contributed by atoms with Gasteiger partial charge in [-0.2, -0.15) is 0 Å². The van der Waals surface area contributed by atoms with Crippen molar-refractivity contribution < 1.29 is 4.79 Å². The summed E-state index contributed by atoms with van der Waals surface area (Å²) in [6, 6.07) is 0. The first-order chi connectivity index (χ1) is 7.58. The summed E-state index contributed by atoms with van der Waals surface area (Å²) < 4.78 is 0. The summed E-state index contributed by atoms with van der Waals surface area (Å²) in [5.41, 5.74) is 5.47. The number of nitrogens with zero attached hydrogens (tertiary/aromatic N) is 1. The van der Waals surface area contributed by atoms with Crippen molar-refractivity contribution in [1.82, 2.24) is 4.90 Å². The lowest BCUT2D eigenvalue weighted by molar-refractivity contribution is -0.138. The fourth-order valence-corrected chi connectivity index (χ4v) is 2.67. The van der Waals surface area contributed by atoms with E-state index >= 15 is 0 Å². The molecule has 1 unspecified atom stereocenters. The molecule has 0 aromatic heterocycles. The number of nitrogens with two attached hydrogens (primary N) is 1. The van der Waals surface area contributed by atoms with E-state index in [2.05, 4.69) is 13.5 Å². The Morgan fingerprint density at radius 3 is 2.50 bits per heavy atom. The minimum absolute atomic E-state index is 0.217. The average Bonchev–Trinajstić information content (AvgIpc) is 3.05. The summed E-state index contributed by atoms with van der Waals surface area (Å²) in [5, 5.41) is 0. The van der Waals surface area contributed by atoms with E-state index in [1.165, 1.54) is 0 Å². The smallest absolute Gasteiger partial charge is 0.229 e. The van der Waals surface area contributed by atoms with Gasteiger partial charge in [0.1, 0.15) is 0 Å². The highest BCUT2D eigenvalue weighted by Crippen LogP contribution is 2.58. The van der Waals surface area contributed by atoms with Crippen molar-refractivity contribution in [2.75, 3.05) is 19.6 Å². The highest BCUT2D eigenvalue weighted by molar-refractivity contribution is 5.86. The first-order valence-electron chi connectivity index (χ1n) is 6.20. The van der Waals surface area contributed by atoms with Crippen molar-refractivity contribution in [2.24, 2.45) is 23.0 Å². The molecule has 2 N–H and O–H groups in total. The predicted molar refractivity (Wildman–Crippen MR) is 66.9 cm³/mol. The van der Waals surface area contributed by atoms with Crippen molar-refractivity contribution >= 4 is 5.91 Å². The van der Waals surface area contributed by atoms with E-state index < -0.39 is 0 Å². The third-order valence-corrected chi connectivity index (χ3v) is 4.05. The highest BCUT2D eigenvalue weighted by Gasteiger charge is 2.62. The molecule has 3 nitrogen and oxygen atoms in total. The quantitative estimate of drug-likeness (QED) is 0.697. The molecule has 3 atom stereocenters. The summed E-state index contributed by atoms with van der Waals surface area (Å²) in [5.74, 6) is 0.822. The molecule has 1 amide bonds. The van der Waals surface area contributed by atoms with Gasteiger partial charge < -0.3 is 10.6 Å². The minimum Gasteiger partial charge on any atom is -0.343 e. The van der Waals surface area contributed by atoms with Gasteiger partial charge in [0, 0.05) is 13.1 Å². The Hall–Kier alpha value is -0.830. The largest absolute Gasteiger partial charge is 0.343 e. The fraction of sp³-hybridized carbons (Fsp3) is 0.769. The van der Waals surface area contributed by atoms with Crippen LogP contribution in [-0.4, -0.2) is 30.4 Å². The van der Waals surface area contributed by atoms with E-state index in [-0.39, 0.29) is 17.2 Å². The van der Waals surface area contributed by atoms with Crippen LogP contribution < -0.4 is 5.73 Å². The van der Waals surface area contributed by atoms with Crippen LogP contribution in [0.5, 0.6) is 0 Å². The Bertz CT molecular complexity index is 273. The number of carbonyl (C=O) groups is 1. The first kappa shape index (κ1) is 13.2. The van der Waals surface area contributed by atoms with Gasteiger partial charge in [-0.15, -0.1) is 6.58 Å². The van der Waals surface area contributed by atoms with Crippen LogP contribution in [0.25, 0.3) is 0 Å². The fourth-order valence-electron chi connectivity index (χ4n) is 2.67. The molecule has 1 aliphatic carbocycles. The second kappa shape index (κ2) is 5.00. The zero-order chi connectivity index (χ0) is 12.3. The normalized spacial score (nSPS) is 29.6. The Morgan fingerprint density at radius 1 is 1.62 bits per heavy atom. The van der Waals surface area contributed by atoms with Crippen molar-refractivity contribution in [3.8, 4) is 0 Å². The molecule has 0 heterocycles. The Morgan fingerprint density at radius 2 is 2.19 bits per heavy atom. The lowest BCUT2D eigenvalue weighted by Crippen LogP contribution is -2.41. The maximum Gasteiger partial charge on any atom is 0.229 e. The van der Waals surface area contributed by atoms with E-state index in [9.17, 15) is 4.79 Å². The van der Waals surface area contributed by atoms with E-state index in [4.69, 9.17) is 5.73 Å². The molecule has 0 saturated heterocycles. The number of hydrogen-bond donors (Lipinski definition) is 1. The lowest BCUT2D eigenvalue weighted by Gasteiger charge is -2.28. The molecule has 1 saturated carbocycles. The second-order valence-electron chi connectivity index (χ2n) is 4.68. The van der Waals surface area contributed by atoms with Crippen LogP contribution in [-0.2, 0) is 4.79 Å². The number of hydrogen-bond acceptors (Lipinski definition) is 2. The Kier molecular flexibility index (Phi) is 4.14. The third-order valence-electron chi connectivity index (χ3n) is 4.05. The number of amides is 1. The van der Waals surface area contributed by atoms with Crippen LogP contribution in [0, 0.1) is 17.3 Å². The van der Waals surface area contributed by atoms with Crippen molar-refractivity contribution in [1.29, 1.82) is 0 Å². The van der Waals surface area contributed by atoms with E-state index in [0.717, 1.165) is 19.5 Å². The van der Waals surface area contributed by atoms with Gasteiger partial charge in [0.05, 0.1) is 5.41 Å². The molecule has 0 aliphatic heterocycles. The van der Waals surface area contributed by atoms with Crippen LogP contribution in [0.1, 0.15) is 27.2 Å². The molecule has 1 aliphatic rings. The summed E-state index contributed by atoms with van der Waals surface area (Å²) in [4.78, 5) is 14.4. The number of rotatable bonds is 6. The Labute approximate surface area is 98.7 Å². The molecule has 16 heavy (non-hydrogen) atoms. The maximum absolute atomic E-state index is 12.5. The molecule has 0 spiro atoms. The van der Waals surface area contributed by atoms with E-state index in [0.29, 0.717) is 12.5 Å². The van der Waals surface area contributed by atoms with Crippen LogP contribution >= 0.6 is 0 Å². The minimum atomic E-state index is -0.247. The maximum atomic E-state index is 12.5. The molecular weight excluding hydrogens is 200 g/mol. The van der Waals surface area contributed by atoms with E-state index in [1.54, 1.807) is 0 Å². The first-order valence-corrected chi connectivity index (χ1v) is 6.20. The van der Waals surface area contributed by atoms with Crippen LogP contribution in [0.15, 0.2) is 12.7 Å². The van der Waals surface area contributed by atoms with Gasteiger partial charge in [-0.3, -0.25) is 4.79 Å². The molecule has 3 heteroatoms. The molecular formula is C13H24N2O. The van der Waals surface area contributed by atoms with Gasteiger partial charge in [-0.25, -0.2) is 0 Å². The molecule has 0 bridgehead atoms. The highest BCUT2D eigenvalue weighted by atomic mass is 16.2. The summed E-state index contributed by atoms with van der Waals surface area (Å²) >= 11 is 0. The summed E-state index contributed by atoms with van der Waals surface area (Å²) in [7, 11) is 0. The van der Waals surface area contributed by atoms with Crippen LogP contribution in [0.3, 0.4) is 0 Å². The van der Waals surface area contributed by atoms with Gasteiger partial charge in [-0.05, 0) is 38.6 Å². The second-order valence-corrected chi connectivity index (χ2v) is 4.68. The van der Waals surface area contributed by atoms with E-state index in [1.807, 2.05) is 24.8 Å². The van der Waals surface area contributed by atoms with Gasteiger partial charge in [-0.1, -0.05) is 13.0 Å². The number of allylic oxidation sites excluding steroid dienone is 1. The molecule has 1 fully saturated rings. The monoisotopic (exact) mass is 224 g/mol. The van der Waals surface area contributed by atoms with Crippen molar-refractivity contribution in [2.45, 2.75) is 27.2 Å². The average molecular weight is 224 g/mol. The zero-order valence-corrected chi connectivity index (χ0v) is 10.7. The molecule has 0 radical (unpaired) electrons. The van der Waals surface area contributed by atoms with Gasteiger partial charge in [0.15, 0.2) is 0 Å². The predicted octanol–water partition coefficient (Wildman–Crippen LogP) is 1.64. The third kappa shape index (κ3) is 1.88. The van der Waals surface area contributed by atoms with Crippen molar-refractivity contribution in [3.63, 3.8) is 0 Å². The SMILES string of the molecule is C=CC(C)[C@]1(C(=O)N(CC)CC)C[C@@H]1CN. The van der Waals surface area contributed by atoms with Crippen LogP contribution in [0.4, 0.5) is 0 Å². The zero-order valence-electron chi connectivity index (χ0n) is 10.7. The number of carbonyl (C=O) groups excluding carboxylic acids is 1. The molecule has 0 aromatic rings.